The molecule has 0 bridgehead atoms. The molecule has 0 aliphatic carbocycles. The van der Waals surface area contributed by atoms with Crippen LogP contribution >= 0.6 is 0 Å². The first-order valence-corrected chi connectivity index (χ1v) is 11.0. The molecule has 0 spiro atoms. The molecule has 156 valence electrons. The molecule has 0 radical (unpaired) electrons. The molecule has 0 N–H and O–H groups in total. The second-order valence-corrected chi connectivity index (χ2v) is 8.53. The molecule has 5 rings (SSSR count). The van der Waals surface area contributed by atoms with E-state index in [4.69, 9.17) is 9.47 Å². The molecule has 4 heteroatoms. The highest BCUT2D eigenvalue weighted by atomic mass is 16.7. The second kappa shape index (κ2) is 7.93. The fraction of sp³-hybridized carbons (Fsp3) is 0.385. The average Bonchev–Trinajstić information content (AvgIpc) is 3.24. The number of rotatable bonds is 5. The molecule has 0 saturated heterocycles. The molecular formula is C26H30N2O2. The Labute approximate surface area is 179 Å². The van der Waals surface area contributed by atoms with Gasteiger partial charge in [0.2, 0.25) is 6.79 Å². The zero-order valence-corrected chi connectivity index (χ0v) is 18.1. The third kappa shape index (κ3) is 3.44. The maximum Gasteiger partial charge on any atom is 0.231 e. The molecule has 2 heterocycles. The third-order valence-electron chi connectivity index (χ3n) is 6.86. The van der Waals surface area contributed by atoms with E-state index in [1.54, 1.807) is 0 Å². The van der Waals surface area contributed by atoms with E-state index < -0.39 is 0 Å². The Hall–Kier alpha value is -2.56. The van der Waals surface area contributed by atoms with Crippen molar-refractivity contribution in [2.75, 3.05) is 20.4 Å². The normalized spacial score (nSPS) is 17.9. The van der Waals surface area contributed by atoms with E-state index in [9.17, 15) is 0 Å². The van der Waals surface area contributed by atoms with E-state index in [2.05, 4.69) is 85.3 Å². The maximum atomic E-state index is 5.61. The lowest BCUT2D eigenvalue weighted by molar-refractivity contribution is 0.0232. The van der Waals surface area contributed by atoms with Crippen LogP contribution in [-0.4, -0.2) is 36.4 Å². The number of hydrogen-bond donors (Lipinski definition) is 0. The monoisotopic (exact) mass is 402 g/mol. The Morgan fingerprint density at radius 1 is 0.967 bits per heavy atom. The van der Waals surface area contributed by atoms with Gasteiger partial charge in [0, 0.05) is 19.1 Å². The first-order chi connectivity index (χ1) is 14.6. The van der Waals surface area contributed by atoms with E-state index >= 15 is 0 Å². The molecule has 0 fully saturated rings. The van der Waals surface area contributed by atoms with Crippen molar-refractivity contribution in [1.82, 2.24) is 9.80 Å². The van der Waals surface area contributed by atoms with Crippen LogP contribution in [0.3, 0.4) is 0 Å². The first kappa shape index (κ1) is 19.4. The summed E-state index contributed by atoms with van der Waals surface area (Å²) in [7, 11) is 2.27. The van der Waals surface area contributed by atoms with Crippen LogP contribution in [0.4, 0.5) is 0 Å². The van der Waals surface area contributed by atoms with Gasteiger partial charge in [-0.3, -0.25) is 9.80 Å². The molecule has 2 aliphatic rings. The van der Waals surface area contributed by atoms with Gasteiger partial charge in [0.05, 0.1) is 6.17 Å². The van der Waals surface area contributed by atoms with Crippen LogP contribution < -0.4 is 9.47 Å². The molecule has 2 unspecified atom stereocenters. The summed E-state index contributed by atoms with van der Waals surface area (Å²) in [6.07, 6.45) is 2.54. The van der Waals surface area contributed by atoms with Gasteiger partial charge < -0.3 is 9.47 Å². The summed E-state index contributed by atoms with van der Waals surface area (Å²) in [4.78, 5) is 5.14. The predicted octanol–water partition coefficient (Wildman–Crippen LogP) is 5.36. The Kier molecular flexibility index (Phi) is 5.13. The lowest BCUT2D eigenvalue weighted by Crippen LogP contribution is -2.49. The molecule has 3 aromatic rings. The second-order valence-electron chi connectivity index (χ2n) is 8.53. The number of hydrogen-bond acceptors (Lipinski definition) is 4. The van der Waals surface area contributed by atoms with Gasteiger partial charge in [0.25, 0.3) is 0 Å². The molecule has 4 nitrogen and oxygen atoms in total. The fourth-order valence-electron chi connectivity index (χ4n) is 4.99. The Morgan fingerprint density at radius 3 is 2.47 bits per heavy atom. The van der Waals surface area contributed by atoms with Crippen molar-refractivity contribution in [3.63, 3.8) is 0 Å². The first-order valence-electron chi connectivity index (χ1n) is 11.0. The van der Waals surface area contributed by atoms with Crippen LogP contribution in [0, 0.1) is 0 Å². The molecule has 2 atom stereocenters. The topological polar surface area (TPSA) is 24.9 Å². The van der Waals surface area contributed by atoms with Crippen molar-refractivity contribution in [1.29, 1.82) is 0 Å². The van der Waals surface area contributed by atoms with Crippen molar-refractivity contribution >= 4 is 10.8 Å². The summed E-state index contributed by atoms with van der Waals surface area (Å²) in [5.74, 6) is 1.79. The van der Waals surface area contributed by atoms with Gasteiger partial charge in [0.15, 0.2) is 11.5 Å². The van der Waals surface area contributed by atoms with Crippen LogP contribution in [0.2, 0.25) is 0 Å². The summed E-state index contributed by atoms with van der Waals surface area (Å²) in [6.45, 7) is 6.98. The van der Waals surface area contributed by atoms with Crippen molar-refractivity contribution in [3.05, 3.63) is 71.3 Å². The Balaban J connectivity index is 1.36. The number of fused-ring (bicyclic) bond motifs is 3. The Bertz CT molecular complexity index is 1060. The van der Waals surface area contributed by atoms with Crippen LogP contribution in [-0.2, 0) is 13.0 Å². The van der Waals surface area contributed by atoms with Crippen molar-refractivity contribution < 1.29 is 9.47 Å². The summed E-state index contributed by atoms with van der Waals surface area (Å²) in [5, 5.41) is 2.61. The third-order valence-corrected chi connectivity index (χ3v) is 6.86. The summed E-state index contributed by atoms with van der Waals surface area (Å²) >= 11 is 0. The summed E-state index contributed by atoms with van der Waals surface area (Å²) in [6, 6.07) is 20.2. The Morgan fingerprint density at radius 2 is 1.70 bits per heavy atom. The highest BCUT2D eigenvalue weighted by molar-refractivity contribution is 5.83. The van der Waals surface area contributed by atoms with E-state index in [1.165, 1.54) is 27.5 Å². The highest BCUT2D eigenvalue weighted by Crippen LogP contribution is 2.37. The minimum atomic E-state index is 0.339. The molecule has 0 saturated carbocycles. The highest BCUT2D eigenvalue weighted by Gasteiger charge is 2.29. The quantitative estimate of drug-likeness (QED) is 0.574. The molecule has 0 aromatic heterocycles. The van der Waals surface area contributed by atoms with Crippen molar-refractivity contribution in [2.45, 2.75) is 45.4 Å². The number of nitrogens with zero attached hydrogens (tertiary/aromatic N) is 2. The lowest BCUT2D eigenvalue weighted by Gasteiger charge is -2.42. The van der Waals surface area contributed by atoms with E-state index in [-0.39, 0.29) is 0 Å². The van der Waals surface area contributed by atoms with Gasteiger partial charge >= 0.3 is 0 Å². The lowest BCUT2D eigenvalue weighted by atomic mass is 9.97. The molecule has 3 aromatic carbocycles. The smallest absolute Gasteiger partial charge is 0.231 e. The molecule has 2 aliphatic heterocycles. The maximum absolute atomic E-state index is 5.61. The predicted molar refractivity (Wildman–Crippen MR) is 121 cm³/mol. The van der Waals surface area contributed by atoms with Crippen molar-refractivity contribution in [2.24, 2.45) is 0 Å². The van der Waals surface area contributed by atoms with Crippen molar-refractivity contribution in [3.8, 4) is 11.5 Å². The van der Waals surface area contributed by atoms with Gasteiger partial charge in [-0.2, -0.15) is 0 Å². The van der Waals surface area contributed by atoms with Crippen LogP contribution in [0.1, 0.15) is 43.0 Å². The summed E-state index contributed by atoms with van der Waals surface area (Å²) in [5.41, 5.74) is 4.14. The van der Waals surface area contributed by atoms with E-state index in [1.807, 2.05) is 0 Å². The SMILES string of the molecule is CCC(N1CCc2cc3c(cc2C1)OCO3)N(C)C(C)c1ccc2ccccc2c1. The standard InChI is InChI=1S/C26H30N2O2/c1-4-26(27(3)18(2)20-10-9-19-7-5-6-8-21(19)13-20)28-12-11-22-14-24-25(30-17-29-24)15-23(22)16-28/h5-10,13-15,18,26H,4,11-12,16-17H2,1-3H3. The van der Waals surface area contributed by atoms with Crippen LogP contribution in [0.15, 0.2) is 54.6 Å². The number of benzene rings is 3. The number of ether oxygens (including phenoxy) is 2. The average molecular weight is 403 g/mol. The molecular weight excluding hydrogens is 372 g/mol. The van der Waals surface area contributed by atoms with E-state index in [0.29, 0.717) is 19.0 Å². The molecule has 0 amide bonds. The summed E-state index contributed by atoms with van der Waals surface area (Å²) < 4.78 is 11.2. The van der Waals surface area contributed by atoms with Crippen LogP contribution in [0.25, 0.3) is 10.8 Å². The van der Waals surface area contributed by atoms with Gasteiger partial charge in [-0.05, 0) is 72.5 Å². The fourth-order valence-corrected chi connectivity index (χ4v) is 4.99. The van der Waals surface area contributed by atoms with Gasteiger partial charge in [0.1, 0.15) is 0 Å². The van der Waals surface area contributed by atoms with Gasteiger partial charge in [-0.1, -0.05) is 43.3 Å². The minimum absolute atomic E-state index is 0.339. The largest absolute Gasteiger partial charge is 0.454 e. The van der Waals surface area contributed by atoms with Gasteiger partial charge in [-0.25, -0.2) is 0 Å². The minimum Gasteiger partial charge on any atom is -0.454 e. The van der Waals surface area contributed by atoms with E-state index in [0.717, 1.165) is 37.4 Å². The molecule has 30 heavy (non-hydrogen) atoms. The zero-order chi connectivity index (χ0) is 20.7. The van der Waals surface area contributed by atoms with Crippen LogP contribution in [0.5, 0.6) is 11.5 Å². The zero-order valence-electron chi connectivity index (χ0n) is 18.1. The van der Waals surface area contributed by atoms with Gasteiger partial charge in [-0.15, -0.1) is 0 Å².